The van der Waals surface area contributed by atoms with E-state index in [9.17, 15) is 17.6 Å². The molecule has 0 saturated heterocycles. The number of aryl methyl sites for hydroxylation is 1. The van der Waals surface area contributed by atoms with E-state index < -0.39 is 20.9 Å². The lowest BCUT2D eigenvalue weighted by Crippen LogP contribution is -2.18. The summed E-state index contributed by atoms with van der Waals surface area (Å²) in [6, 6.07) is 13.2. The Balaban J connectivity index is 1.46. The molecule has 4 aromatic rings. The average Bonchev–Trinajstić information content (AvgIpc) is 3.27. The van der Waals surface area contributed by atoms with Crippen LogP contribution in [0, 0.1) is 12.7 Å². The first kappa shape index (κ1) is 25.2. The van der Waals surface area contributed by atoms with Gasteiger partial charge in [-0.15, -0.1) is 10.2 Å². The van der Waals surface area contributed by atoms with Crippen molar-refractivity contribution in [3.8, 4) is 0 Å². The van der Waals surface area contributed by atoms with Crippen LogP contribution >= 0.6 is 34.7 Å². The highest BCUT2D eigenvalue weighted by Gasteiger charge is 2.24. The quantitative estimate of drug-likeness (QED) is 0.186. The summed E-state index contributed by atoms with van der Waals surface area (Å²) < 4.78 is 39.3. The summed E-state index contributed by atoms with van der Waals surface area (Å²) in [6.45, 7) is 1.81. The van der Waals surface area contributed by atoms with Gasteiger partial charge in [-0.1, -0.05) is 71.1 Å². The highest BCUT2D eigenvalue weighted by Crippen LogP contribution is 2.29. The molecule has 0 radical (unpaired) electrons. The fourth-order valence-corrected chi connectivity index (χ4v) is 6.09. The standard InChI is InChI=1S/C22H17ClFN5O3S3/c1-13-4-2-3-5-15(13)12-35(31,32)21-25-10-17(23)18(26-21)19(30)27-20-28-29-22(34-20)33-11-14-6-8-16(24)9-7-14/h2-10H,11-12H2,1H3,(H,27,28,30). The molecule has 8 nitrogen and oxygen atoms in total. The number of aromatic nitrogens is 4. The van der Waals surface area contributed by atoms with Crippen molar-refractivity contribution in [2.75, 3.05) is 5.32 Å². The summed E-state index contributed by atoms with van der Waals surface area (Å²) in [6.07, 6.45) is 1.08. The fraction of sp³-hybridized carbons (Fsp3) is 0.136. The van der Waals surface area contributed by atoms with Crippen molar-refractivity contribution in [1.29, 1.82) is 0 Å². The monoisotopic (exact) mass is 549 g/mol. The van der Waals surface area contributed by atoms with Gasteiger partial charge in [0.2, 0.25) is 20.1 Å². The Morgan fingerprint density at radius 3 is 2.63 bits per heavy atom. The van der Waals surface area contributed by atoms with E-state index in [4.69, 9.17) is 11.6 Å². The summed E-state index contributed by atoms with van der Waals surface area (Å²) in [7, 11) is -3.93. The predicted octanol–water partition coefficient (Wildman–Crippen LogP) is 4.95. The molecule has 0 atom stereocenters. The third-order valence-corrected chi connectivity index (χ3v) is 8.49. The third-order valence-electron chi connectivity index (χ3n) is 4.72. The lowest BCUT2D eigenvalue weighted by atomic mass is 10.1. The van der Waals surface area contributed by atoms with Crippen LogP contribution in [0.25, 0.3) is 0 Å². The van der Waals surface area contributed by atoms with Gasteiger partial charge in [0.15, 0.2) is 10.0 Å². The van der Waals surface area contributed by atoms with Gasteiger partial charge in [-0.3, -0.25) is 10.1 Å². The number of thioether (sulfide) groups is 1. The van der Waals surface area contributed by atoms with Crippen LogP contribution in [0.4, 0.5) is 9.52 Å². The van der Waals surface area contributed by atoms with Crippen LogP contribution in [0.2, 0.25) is 5.02 Å². The van der Waals surface area contributed by atoms with E-state index >= 15 is 0 Å². The predicted molar refractivity (Wildman–Crippen MR) is 133 cm³/mol. The van der Waals surface area contributed by atoms with Crippen LogP contribution in [0.3, 0.4) is 0 Å². The number of hydrogen-bond acceptors (Lipinski definition) is 9. The smallest absolute Gasteiger partial charge is 0.277 e. The molecule has 0 aliphatic carbocycles. The molecule has 0 aliphatic heterocycles. The molecular weight excluding hydrogens is 533 g/mol. The van der Waals surface area contributed by atoms with Crippen LogP contribution in [0.5, 0.6) is 0 Å². The number of halogens is 2. The van der Waals surface area contributed by atoms with Gasteiger partial charge < -0.3 is 0 Å². The highest BCUT2D eigenvalue weighted by molar-refractivity contribution is 8.00. The van der Waals surface area contributed by atoms with Crippen molar-refractivity contribution in [3.05, 3.63) is 88.0 Å². The van der Waals surface area contributed by atoms with Crippen molar-refractivity contribution in [2.24, 2.45) is 0 Å². The maximum atomic E-state index is 13.0. The molecule has 0 aliphatic rings. The molecule has 35 heavy (non-hydrogen) atoms. The van der Waals surface area contributed by atoms with Gasteiger partial charge >= 0.3 is 0 Å². The number of benzene rings is 2. The van der Waals surface area contributed by atoms with Crippen molar-refractivity contribution >= 4 is 55.6 Å². The number of carbonyl (C=O) groups excluding carboxylic acids is 1. The SMILES string of the molecule is Cc1ccccc1CS(=O)(=O)c1ncc(Cl)c(C(=O)Nc2nnc(SCc3ccc(F)cc3)s2)n1. The van der Waals surface area contributed by atoms with Crippen LogP contribution in [0.15, 0.2) is 64.2 Å². The van der Waals surface area contributed by atoms with Crippen LogP contribution in [-0.4, -0.2) is 34.5 Å². The second-order valence-corrected chi connectivity index (χ2v) is 11.8. The Labute approximate surface area is 213 Å². The lowest BCUT2D eigenvalue weighted by Gasteiger charge is -2.08. The van der Waals surface area contributed by atoms with E-state index in [2.05, 4.69) is 25.5 Å². The Morgan fingerprint density at radius 2 is 1.89 bits per heavy atom. The molecule has 2 heterocycles. The molecule has 0 unspecified atom stereocenters. The van der Waals surface area contributed by atoms with Gasteiger partial charge in [-0.25, -0.2) is 22.8 Å². The van der Waals surface area contributed by atoms with Gasteiger partial charge in [-0.05, 0) is 35.7 Å². The molecule has 0 fully saturated rings. The average molecular weight is 550 g/mol. The number of anilines is 1. The number of hydrogen-bond donors (Lipinski definition) is 1. The van der Waals surface area contributed by atoms with E-state index in [1.165, 1.54) is 23.9 Å². The molecule has 0 saturated carbocycles. The molecule has 0 spiro atoms. The van der Waals surface area contributed by atoms with Crippen molar-refractivity contribution in [1.82, 2.24) is 20.2 Å². The number of carbonyl (C=O) groups is 1. The highest BCUT2D eigenvalue weighted by atomic mass is 35.5. The zero-order valence-electron chi connectivity index (χ0n) is 18.1. The van der Waals surface area contributed by atoms with Crippen LogP contribution in [-0.2, 0) is 21.3 Å². The van der Waals surface area contributed by atoms with Gasteiger partial charge in [0.1, 0.15) is 5.82 Å². The largest absolute Gasteiger partial charge is 0.295 e. The summed E-state index contributed by atoms with van der Waals surface area (Å²) in [4.78, 5) is 20.5. The Hall–Kier alpha value is -2.93. The Bertz CT molecular complexity index is 1480. The summed E-state index contributed by atoms with van der Waals surface area (Å²) >= 11 is 8.58. The van der Waals surface area contributed by atoms with E-state index in [0.29, 0.717) is 15.7 Å². The number of nitrogens with one attached hydrogen (secondary N) is 1. The Kier molecular flexibility index (Phi) is 7.75. The maximum Gasteiger partial charge on any atom is 0.277 e. The normalized spacial score (nSPS) is 11.4. The van der Waals surface area contributed by atoms with E-state index in [-0.39, 0.29) is 27.4 Å². The third kappa shape index (κ3) is 6.40. The topological polar surface area (TPSA) is 115 Å². The van der Waals surface area contributed by atoms with Gasteiger partial charge in [0.25, 0.3) is 5.91 Å². The second kappa shape index (κ2) is 10.8. The molecule has 2 aromatic heterocycles. The minimum absolute atomic E-state index is 0.104. The number of amides is 1. The molecule has 2 aromatic carbocycles. The zero-order valence-corrected chi connectivity index (χ0v) is 21.3. The molecule has 180 valence electrons. The molecular formula is C22H17ClFN5O3S3. The first-order valence-corrected chi connectivity index (χ1v) is 13.9. The molecule has 1 amide bonds. The van der Waals surface area contributed by atoms with Crippen molar-refractivity contribution < 1.29 is 17.6 Å². The number of sulfone groups is 1. The van der Waals surface area contributed by atoms with E-state index in [1.807, 2.05) is 6.07 Å². The van der Waals surface area contributed by atoms with Gasteiger partial charge in [-0.2, -0.15) is 0 Å². The fourth-order valence-electron chi connectivity index (χ4n) is 2.90. The zero-order chi connectivity index (χ0) is 25.0. The summed E-state index contributed by atoms with van der Waals surface area (Å²) in [5.41, 5.74) is 2.04. The number of rotatable bonds is 8. The first-order chi connectivity index (χ1) is 16.7. The van der Waals surface area contributed by atoms with E-state index in [1.54, 1.807) is 37.3 Å². The first-order valence-electron chi connectivity index (χ1n) is 10.0. The maximum absolute atomic E-state index is 13.0. The van der Waals surface area contributed by atoms with Crippen molar-refractivity contribution in [3.63, 3.8) is 0 Å². The van der Waals surface area contributed by atoms with Crippen LogP contribution in [0.1, 0.15) is 27.2 Å². The second-order valence-electron chi connectivity index (χ2n) is 7.28. The lowest BCUT2D eigenvalue weighted by molar-refractivity contribution is 0.102. The number of nitrogens with zero attached hydrogens (tertiary/aromatic N) is 4. The molecule has 1 N–H and O–H groups in total. The van der Waals surface area contributed by atoms with E-state index in [0.717, 1.165) is 28.7 Å². The summed E-state index contributed by atoms with van der Waals surface area (Å²) in [5, 5.41) is 10.1. The molecule has 4 rings (SSSR count). The molecule has 13 heteroatoms. The Morgan fingerprint density at radius 1 is 1.14 bits per heavy atom. The van der Waals surface area contributed by atoms with Crippen LogP contribution < -0.4 is 5.32 Å². The van der Waals surface area contributed by atoms with Gasteiger partial charge in [0, 0.05) is 5.75 Å². The molecule has 0 bridgehead atoms. The van der Waals surface area contributed by atoms with Crippen molar-refractivity contribution in [2.45, 2.75) is 27.9 Å². The summed E-state index contributed by atoms with van der Waals surface area (Å²) in [5.74, 6) is -0.819. The van der Waals surface area contributed by atoms with Gasteiger partial charge in [0.05, 0.1) is 17.0 Å². The minimum Gasteiger partial charge on any atom is -0.295 e. The minimum atomic E-state index is -3.93.